The van der Waals surface area contributed by atoms with Crippen molar-refractivity contribution < 1.29 is 23.8 Å². The summed E-state index contributed by atoms with van der Waals surface area (Å²) in [5.41, 5.74) is 0.957. The first-order valence-electron chi connectivity index (χ1n) is 9.25. The number of rotatable bonds is 7. The highest BCUT2D eigenvalue weighted by atomic mass is 16.5. The van der Waals surface area contributed by atoms with E-state index in [2.05, 4.69) is 0 Å². The Kier molecular flexibility index (Phi) is 6.16. The van der Waals surface area contributed by atoms with Crippen molar-refractivity contribution in [1.29, 1.82) is 0 Å². The van der Waals surface area contributed by atoms with Gasteiger partial charge in [0.25, 0.3) is 0 Å². The SMILES string of the molecule is COc1ccc(CN(Cc2ccco2)C(=O)C2CCCCC2C(=O)O)cc1. The highest BCUT2D eigenvalue weighted by molar-refractivity contribution is 5.85. The Bertz CT molecular complexity index is 753. The third-order valence-electron chi connectivity index (χ3n) is 5.17. The summed E-state index contributed by atoms with van der Waals surface area (Å²) >= 11 is 0. The number of carboxylic acids is 1. The zero-order chi connectivity index (χ0) is 19.2. The van der Waals surface area contributed by atoms with Gasteiger partial charge < -0.3 is 19.2 Å². The maximum absolute atomic E-state index is 13.3. The maximum Gasteiger partial charge on any atom is 0.307 e. The summed E-state index contributed by atoms with van der Waals surface area (Å²) in [4.78, 5) is 26.6. The van der Waals surface area contributed by atoms with Crippen LogP contribution in [0, 0.1) is 11.8 Å². The minimum atomic E-state index is -0.879. The van der Waals surface area contributed by atoms with Gasteiger partial charge in [-0.05, 0) is 42.7 Å². The lowest BCUT2D eigenvalue weighted by atomic mass is 9.78. The molecule has 144 valence electrons. The quantitative estimate of drug-likeness (QED) is 0.803. The zero-order valence-electron chi connectivity index (χ0n) is 15.5. The molecule has 0 bridgehead atoms. The Balaban J connectivity index is 1.81. The number of benzene rings is 1. The summed E-state index contributed by atoms with van der Waals surface area (Å²) in [6, 6.07) is 11.1. The normalized spacial score (nSPS) is 19.4. The topological polar surface area (TPSA) is 80.0 Å². The third kappa shape index (κ3) is 4.70. The number of hydrogen-bond acceptors (Lipinski definition) is 4. The summed E-state index contributed by atoms with van der Waals surface area (Å²) in [5, 5.41) is 9.54. The zero-order valence-corrected chi connectivity index (χ0v) is 15.5. The second kappa shape index (κ2) is 8.75. The largest absolute Gasteiger partial charge is 0.497 e. The van der Waals surface area contributed by atoms with E-state index in [0.29, 0.717) is 31.7 Å². The van der Waals surface area contributed by atoms with Gasteiger partial charge in [-0.2, -0.15) is 0 Å². The van der Waals surface area contributed by atoms with Crippen molar-refractivity contribution in [2.75, 3.05) is 7.11 Å². The van der Waals surface area contributed by atoms with Crippen molar-refractivity contribution in [2.45, 2.75) is 38.8 Å². The van der Waals surface area contributed by atoms with Crippen LogP contribution in [0.1, 0.15) is 37.0 Å². The minimum absolute atomic E-state index is 0.116. The Morgan fingerprint density at radius 1 is 1.11 bits per heavy atom. The van der Waals surface area contributed by atoms with Crippen LogP contribution >= 0.6 is 0 Å². The molecule has 1 amide bonds. The molecule has 2 unspecified atom stereocenters. The molecule has 1 fully saturated rings. The number of furan rings is 1. The second-order valence-corrected chi connectivity index (χ2v) is 6.96. The number of carbonyl (C=O) groups is 2. The minimum Gasteiger partial charge on any atom is -0.497 e. The molecule has 0 radical (unpaired) electrons. The first-order chi connectivity index (χ1) is 13.1. The molecule has 3 rings (SSSR count). The van der Waals surface area contributed by atoms with E-state index >= 15 is 0 Å². The second-order valence-electron chi connectivity index (χ2n) is 6.96. The first kappa shape index (κ1) is 19.0. The number of aliphatic carboxylic acids is 1. The Morgan fingerprint density at radius 2 is 1.81 bits per heavy atom. The number of nitrogens with zero attached hydrogens (tertiary/aromatic N) is 1. The molecule has 1 N–H and O–H groups in total. The summed E-state index contributed by atoms with van der Waals surface area (Å²) in [7, 11) is 1.61. The molecular formula is C21H25NO5. The fourth-order valence-corrected chi connectivity index (χ4v) is 3.71. The average Bonchev–Trinajstić information content (AvgIpc) is 3.20. The van der Waals surface area contributed by atoms with Crippen molar-refractivity contribution in [3.05, 3.63) is 54.0 Å². The molecule has 0 aliphatic heterocycles. The van der Waals surface area contributed by atoms with E-state index in [-0.39, 0.29) is 5.91 Å². The van der Waals surface area contributed by atoms with E-state index in [1.165, 1.54) is 0 Å². The summed E-state index contributed by atoms with van der Waals surface area (Å²) in [6.45, 7) is 0.715. The molecule has 2 aromatic rings. The molecular weight excluding hydrogens is 346 g/mol. The highest BCUT2D eigenvalue weighted by Crippen LogP contribution is 2.32. The molecule has 0 spiro atoms. The molecule has 1 saturated carbocycles. The molecule has 2 atom stereocenters. The number of carbonyl (C=O) groups excluding carboxylic acids is 1. The van der Waals surface area contributed by atoms with E-state index in [4.69, 9.17) is 9.15 Å². The molecule has 6 nitrogen and oxygen atoms in total. The third-order valence-corrected chi connectivity index (χ3v) is 5.17. The molecule has 1 aliphatic carbocycles. The van der Waals surface area contributed by atoms with Gasteiger partial charge in [0.1, 0.15) is 11.5 Å². The van der Waals surface area contributed by atoms with Crippen LogP contribution in [-0.4, -0.2) is 29.0 Å². The molecule has 0 saturated heterocycles. The average molecular weight is 371 g/mol. The van der Waals surface area contributed by atoms with Crippen molar-refractivity contribution in [2.24, 2.45) is 11.8 Å². The van der Waals surface area contributed by atoms with Gasteiger partial charge >= 0.3 is 5.97 Å². The molecule has 1 aromatic carbocycles. The van der Waals surface area contributed by atoms with Crippen LogP contribution in [0.25, 0.3) is 0 Å². The van der Waals surface area contributed by atoms with Crippen LogP contribution in [0.5, 0.6) is 5.75 Å². The fraction of sp³-hybridized carbons (Fsp3) is 0.429. The fourth-order valence-electron chi connectivity index (χ4n) is 3.71. The van der Waals surface area contributed by atoms with Gasteiger partial charge in [0, 0.05) is 6.54 Å². The van der Waals surface area contributed by atoms with Crippen molar-refractivity contribution in [3.8, 4) is 5.75 Å². The van der Waals surface area contributed by atoms with Gasteiger partial charge in [-0.1, -0.05) is 25.0 Å². The lowest BCUT2D eigenvalue weighted by molar-refractivity contribution is -0.153. The predicted octanol–water partition coefficient (Wildman–Crippen LogP) is 3.71. The van der Waals surface area contributed by atoms with Crippen LogP contribution in [0.3, 0.4) is 0 Å². The van der Waals surface area contributed by atoms with Crippen LogP contribution in [-0.2, 0) is 22.7 Å². The lowest BCUT2D eigenvalue weighted by Crippen LogP contribution is -2.41. The Labute approximate surface area is 158 Å². The van der Waals surface area contributed by atoms with E-state index in [1.807, 2.05) is 30.3 Å². The van der Waals surface area contributed by atoms with Gasteiger partial charge in [0.05, 0.1) is 31.8 Å². The highest BCUT2D eigenvalue weighted by Gasteiger charge is 2.38. The van der Waals surface area contributed by atoms with Crippen LogP contribution in [0.2, 0.25) is 0 Å². The molecule has 6 heteroatoms. The predicted molar refractivity (Wildman–Crippen MR) is 99.0 cm³/mol. The Morgan fingerprint density at radius 3 is 2.41 bits per heavy atom. The number of methoxy groups -OCH3 is 1. The molecule has 1 heterocycles. The van der Waals surface area contributed by atoms with E-state index in [9.17, 15) is 14.7 Å². The number of carboxylic acid groups (broad SMARTS) is 1. The smallest absolute Gasteiger partial charge is 0.307 e. The van der Waals surface area contributed by atoms with E-state index < -0.39 is 17.8 Å². The van der Waals surface area contributed by atoms with Crippen molar-refractivity contribution in [1.82, 2.24) is 4.90 Å². The van der Waals surface area contributed by atoms with E-state index in [0.717, 1.165) is 24.2 Å². The van der Waals surface area contributed by atoms with Crippen molar-refractivity contribution in [3.63, 3.8) is 0 Å². The summed E-state index contributed by atoms with van der Waals surface area (Å²) in [5.74, 6) is -0.657. The molecule has 1 aliphatic rings. The summed E-state index contributed by atoms with van der Waals surface area (Å²) in [6.07, 6.45) is 4.50. The number of amides is 1. The van der Waals surface area contributed by atoms with Gasteiger partial charge in [-0.25, -0.2) is 0 Å². The number of hydrogen-bond donors (Lipinski definition) is 1. The Hall–Kier alpha value is -2.76. The van der Waals surface area contributed by atoms with Crippen molar-refractivity contribution >= 4 is 11.9 Å². The first-order valence-corrected chi connectivity index (χ1v) is 9.25. The van der Waals surface area contributed by atoms with Crippen LogP contribution < -0.4 is 4.74 Å². The van der Waals surface area contributed by atoms with Crippen LogP contribution in [0.4, 0.5) is 0 Å². The van der Waals surface area contributed by atoms with Crippen LogP contribution in [0.15, 0.2) is 47.1 Å². The van der Waals surface area contributed by atoms with Gasteiger partial charge in [-0.3, -0.25) is 9.59 Å². The monoisotopic (exact) mass is 371 g/mol. The summed E-state index contributed by atoms with van der Waals surface area (Å²) < 4.78 is 10.6. The lowest BCUT2D eigenvalue weighted by Gasteiger charge is -2.32. The van der Waals surface area contributed by atoms with Gasteiger partial charge in [0.15, 0.2) is 0 Å². The van der Waals surface area contributed by atoms with Gasteiger partial charge in [-0.15, -0.1) is 0 Å². The molecule has 27 heavy (non-hydrogen) atoms. The van der Waals surface area contributed by atoms with Gasteiger partial charge in [0.2, 0.25) is 5.91 Å². The standard InChI is InChI=1S/C21H25NO5/c1-26-16-10-8-15(9-11-16)13-22(14-17-5-4-12-27-17)20(23)18-6-2-3-7-19(18)21(24)25/h4-5,8-12,18-19H,2-3,6-7,13-14H2,1H3,(H,24,25). The molecule has 1 aromatic heterocycles. The number of ether oxygens (including phenoxy) is 1. The maximum atomic E-state index is 13.3. The van der Waals surface area contributed by atoms with E-state index in [1.54, 1.807) is 24.3 Å².